The van der Waals surface area contributed by atoms with Crippen molar-refractivity contribution in [2.75, 3.05) is 0 Å². The average molecular weight is 1030 g/mol. The highest BCUT2D eigenvalue weighted by Crippen LogP contribution is 2.71. The quantitative estimate of drug-likeness (QED) is 0.0598. The Hall–Kier alpha value is -3.06. The van der Waals surface area contributed by atoms with Gasteiger partial charge in [0, 0.05) is 66.8 Å². The van der Waals surface area contributed by atoms with Crippen LogP contribution < -0.4 is 0 Å². The van der Waals surface area contributed by atoms with Crippen LogP contribution in [0.15, 0.2) is 30.3 Å². The van der Waals surface area contributed by atoms with Crippen molar-refractivity contribution < 1.29 is 76.9 Å². The summed E-state index contributed by atoms with van der Waals surface area (Å²) in [5, 5.41) is 0. The molecule has 6 bridgehead atoms. The molecule has 16 heteroatoms. The molecule has 0 radical (unpaired) electrons. The van der Waals surface area contributed by atoms with E-state index in [0.717, 1.165) is 64.2 Å². The van der Waals surface area contributed by atoms with E-state index in [4.69, 9.17) is 57.7 Å². The number of Topliss-reactive ketones (excluding diaryl/α,β-unsaturated/α-hetero) is 1. The molecule has 21 atom stereocenters. The summed E-state index contributed by atoms with van der Waals surface area (Å²) in [7, 11) is 0. The highest BCUT2D eigenvalue weighted by molar-refractivity contribution is 5.96. The van der Waals surface area contributed by atoms with Gasteiger partial charge in [-0.2, -0.15) is 0 Å². The lowest BCUT2D eigenvalue weighted by atomic mass is 9.45. The number of rotatable bonds is 13. The van der Waals surface area contributed by atoms with Gasteiger partial charge in [-0.1, -0.05) is 76.8 Å². The summed E-state index contributed by atoms with van der Waals surface area (Å²) in [6, 6.07) is 9.18. The lowest BCUT2D eigenvalue weighted by Crippen LogP contribution is -2.76. The molecule has 0 amide bonds. The summed E-state index contributed by atoms with van der Waals surface area (Å²) < 4.78 is 39.4. The second-order valence-corrected chi connectivity index (χ2v) is 26.2. The Morgan fingerprint density at radius 1 is 0.514 bits per heavy atom. The van der Waals surface area contributed by atoms with E-state index in [1.807, 2.05) is 39.0 Å². The van der Waals surface area contributed by atoms with E-state index in [1.54, 1.807) is 12.1 Å². The first kappa shape index (κ1) is 50.4. The van der Waals surface area contributed by atoms with Gasteiger partial charge in [0.25, 0.3) is 0 Å². The Morgan fingerprint density at radius 3 is 1.54 bits per heavy atom. The van der Waals surface area contributed by atoms with Gasteiger partial charge in [-0.05, 0) is 122 Å². The molecule has 1 aromatic rings. The SMILES string of the molecule is C[C@@H]1CC[C@H]2[C@H](CCCCCC[C@]3(CC4(CCC(=O)c5ccccc5)C(=O)O[C@@H]5O[C@@]6(C)CC[C@H]7[C@H](C)CC[C@@H]4[C@@]57OO6)C(=O)O[C@@H]4O[C@@]5(C)CC[C@H]6[C@H](C)CC[C@@H]3[C@@]46OO5)C(=O)O[C@@H]3O[C@@]4(C)CC[C@@H]1[C@]32OO4. The highest BCUT2D eigenvalue weighted by atomic mass is 17.3. The maximum atomic E-state index is 15.9. The summed E-state index contributed by atoms with van der Waals surface area (Å²) in [5.41, 5.74) is -5.36. The maximum Gasteiger partial charge on any atom is 0.314 e. The van der Waals surface area contributed by atoms with Crippen molar-refractivity contribution in [1.82, 2.24) is 0 Å². The number of hydrogen-bond donors (Lipinski definition) is 0. The lowest BCUT2D eigenvalue weighted by Gasteiger charge is -2.65. The molecule has 3 spiro atoms. The zero-order chi connectivity index (χ0) is 51.3. The summed E-state index contributed by atoms with van der Waals surface area (Å²) in [5.74, 6) is -5.10. The lowest BCUT2D eigenvalue weighted by molar-refractivity contribution is -0.565. The Labute approximate surface area is 434 Å². The van der Waals surface area contributed by atoms with Crippen molar-refractivity contribution in [2.24, 2.45) is 70.0 Å². The molecule has 3 saturated carbocycles. The Morgan fingerprint density at radius 2 is 0.986 bits per heavy atom. The van der Waals surface area contributed by atoms with E-state index in [-0.39, 0.29) is 72.4 Å². The molecule has 74 heavy (non-hydrogen) atoms. The van der Waals surface area contributed by atoms with Gasteiger partial charge in [0.05, 0.1) is 16.7 Å². The first-order valence-corrected chi connectivity index (χ1v) is 28.8. The van der Waals surface area contributed by atoms with Crippen LogP contribution in [0.2, 0.25) is 0 Å². The van der Waals surface area contributed by atoms with Gasteiger partial charge < -0.3 is 28.4 Å². The summed E-state index contributed by atoms with van der Waals surface area (Å²) in [4.78, 5) is 98.7. The Bertz CT molecular complexity index is 2400. The fourth-order valence-corrected chi connectivity index (χ4v) is 18.4. The van der Waals surface area contributed by atoms with E-state index in [2.05, 4.69) is 20.8 Å². The molecule has 1 unspecified atom stereocenters. The zero-order valence-electron chi connectivity index (χ0n) is 44.3. The summed E-state index contributed by atoms with van der Waals surface area (Å²) in [6.45, 7) is 12.3. The van der Waals surface area contributed by atoms with Crippen LogP contribution in [0.1, 0.15) is 187 Å². The molecule has 15 fully saturated rings. The maximum absolute atomic E-state index is 15.9. The molecule has 3 aliphatic carbocycles. The number of esters is 3. The minimum absolute atomic E-state index is 0.0369. The van der Waals surface area contributed by atoms with Gasteiger partial charge in [-0.15, -0.1) is 0 Å². The Kier molecular flexibility index (Phi) is 12.1. The third-order valence-electron chi connectivity index (χ3n) is 22.2. The first-order valence-electron chi connectivity index (χ1n) is 28.8. The molecular weight excluding hydrogens is 953 g/mol. The van der Waals surface area contributed by atoms with Gasteiger partial charge in [0.1, 0.15) is 0 Å². The second-order valence-electron chi connectivity index (χ2n) is 26.2. The predicted molar refractivity (Wildman–Crippen MR) is 257 cm³/mol. The van der Waals surface area contributed by atoms with E-state index in [9.17, 15) is 9.59 Å². The molecular formula is C58H78O16. The number of carbonyl (C=O) groups excluding carboxylic acids is 4. The fourth-order valence-electron chi connectivity index (χ4n) is 18.4. The number of benzene rings is 1. The van der Waals surface area contributed by atoms with Gasteiger partial charge in [0.2, 0.25) is 36.2 Å². The number of carbonyl (C=O) groups is 4. The van der Waals surface area contributed by atoms with Gasteiger partial charge in [0.15, 0.2) is 22.6 Å². The molecule has 12 heterocycles. The number of ketones is 1. The van der Waals surface area contributed by atoms with Crippen LogP contribution in [0.4, 0.5) is 0 Å². The molecule has 406 valence electrons. The van der Waals surface area contributed by atoms with E-state index < -0.39 is 87.6 Å². The van der Waals surface area contributed by atoms with Crippen LogP contribution in [-0.2, 0) is 72.1 Å². The van der Waals surface area contributed by atoms with Gasteiger partial charge >= 0.3 is 17.9 Å². The summed E-state index contributed by atoms with van der Waals surface area (Å²) >= 11 is 0. The van der Waals surface area contributed by atoms with Crippen LogP contribution in [0.3, 0.4) is 0 Å². The van der Waals surface area contributed by atoms with Gasteiger partial charge in [-0.25, -0.2) is 29.3 Å². The first-order chi connectivity index (χ1) is 35.4. The molecule has 12 aliphatic heterocycles. The minimum Gasteiger partial charge on any atom is -0.432 e. The normalized spacial score (nSPS) is 51.5. The molecule has 15 aliphatic rings. The van der Waals surface area contributed by atoms with E-state index in [1.165, 1.54) is 0 Å². The Balaban J connectivity index is 0.842. The smallest absolute Gasteiger partial charge is 0.314 e. The highest BCUT2D eigenvalue weighted by Gasteiger charge is 2.80. The standard InChI is InChI=1S/C58H78O16/c1-33-17-20-41-37(45(60)63-48-56(41)38(33)23-28-51(4,66-48)69-72-56)16-12-7-8-13-27-54(43-21-18-34(2)39-24-29-52(5)67-49(64-46(54)61)57(39,43)73-70-52)32-55(31-26-42(59)36-14-10-9-11-15-36)44-22-19-35(3)40-25-30-53(6)68-50(65-47(55)62)58(40,44)74-71-53/h9-11,14-15,33-35,37-41,43-44,48-50H,7-8,12-13,16-32H2,1-6H3/t33-,34-,35-,37+,38+,39+,40+,41+,43+,44+,48-,49-,50-,51-,52-,53-,54-,55?,56-,57-,58-/m1/s1. The monoisotopic (exact) mass is 1030 g/mol. The van der Waals surface area contributed by atoms with Crippen molar-refractivity contribution in [3.8, 4) is 0 Å². The van der Waals surface area contributed by atoms with Crippen molar-refractivity contribution >= 4 is 23.7 Å². The zero-order valence-corrected chi connectivity index (χ0v) is 44.3. The van der Waals surface area contributed by atoms with Crippen molar-refractivity contribution in [1.29, 1.82) is 0 Å². The third kappa shape index (κ3) is 7.22. The number of hydrogen-bond acceptors (Lipinski definition) is 16. The van der Waals surface area contributed by atoms with Crippen molar-refractivity contribution in [3.63, 3.8) is 0 Å². The van der Waals surface area contributed by atoms with Crippen molar-refractivity contribution in [3.05, 3.63) is 35.9 Å². The molecule has 1 aromatic carbocycles. The van der Waals surface area contributed by atoms with Crippen LogP contribution >= 0.6 is 0 Å². The molecule has 12 saturated heterocycles. The minimum atomic E-state index is -1.42. The van der Waals surface area contributed by atoms with Crippen LogP contribution in [0.25, 0.3) is 0 Å². The van der Waals surface area contributed by atoms with E-state index in [0.29, 0.717) is 62.8 Å². The molecule has 16 nitrogen and oxygen atoms in total. The molecule has 0 N–H and O–H groups in total. The van der Waals surface area contributed by atoms with Crippen LogP contribution in [0, 0.1) is 70.0 Å². The van der Waals surface area contributed by atoms with Gasteiger partial charge in [-0.3, -0.25) is 19.2 Å². The molecule has 0 aromatic heterocycles. The van der Waals surface area contributed by atoms with Crippen LogP contribution in [0.5, 0.6) is 0 Å². The topological polar surface area (TPSA) is 179 Å². The molecule has 16 rings (SSSR count). The predicted octanol–water partition coefficient (Wildman–Crippen LogP) is 10.3. The number of ether oxygens (including phenoxy) is 6. The largest absolute Gasteiger partial charge is 0.432 e. The third-order valence-corrected chi connectivity index (χ3v) is 22.2. The summed E-state index contributed by atoms with van der Waals surface area (Å²) in [6.07, 6.45) is 10.1. The van der Waals surface area contributed by atoms with Crippen LogP contribution in [-0.4, -0.2) is 76.7 Å². The fraction of sp³-hybridized carbons (Fsp3) is 0.828. The second kappa shape index (κ2) is 17.7. The van der Waals surface area contributed by atoms with E-state index >= 15 is 9.59 Å². The average Bonchev–Trinajstić information content (AvgIpc) is 3.93. The number of fused-ring (bicyclic) bond motifs is 6. The van der Waals surface area contributed by atoms with Crippen molar-refractivity contribution in [2.45, 2.75) is 229 Å². The number of unbranched alkanes of at least 4 members (excludes halogenated alkanes) is 3.